The third-order valence-electron chi connectivity index (χ3n) is 5.32. The predicted molar refractivity (Wildman–Crippen MR) is 125 cm³/mol. The van der Waals surface area contributed by atoms with Crippen molar-refractivity contribution in [1.29, 1.82) is 0 Å². The average molecular weight is 430 g/mol. The summed E-state index contributed by atoms with van der Waals surface area (Å²) in [6.45, 7) is 9.70. The Kier molecular flexibility index (Phi) is 6.28. The molecule has 164 valence electrons. The Morgan fingerprint density at radius 1 is 1.06 bits per heavy atom. The molecule has 0 fully saturated rings. The molecule has 7 nitrogen and oxygen atoms in total. The molecule has 4 aromatic rings. The van der Waals surface area contributed by atoms with E-state index in [9.17, 15) is 4.79 Å². The summed E-state index contributed by atoms with van der Waals surface area (Å²) in [6, 6.07) is 13.5. The first-order chi connectivity index (χ1) is 15.5. The van der Waals surface area contributed by atoms with Crippen LogP contribution in [0, 0.1) is 6.92 Å². The van der Waals surface area contributed by atoms with Crippen molar-refractivity contribution in [3.63, 3.8) is 0 Å². The van der Waals surface area contributed by atoms with E-state index in [-0.39, 0.29) is 11.6 Å². The first-order valence-corrected chi connectivity index (χ1v) is 10.8. The van der Waals surface area contributed by atoms with Crippen molar-refractivity contribution < 1.29 is 4.52 Å². The summed E-state index contributed by atoms with van der Waals surface area (Å²) in [5.74, 6) is 0.556. The van der Waals surface area contributed by atoms with Crippen LogP contribution in [-0.4, -0.2) is 26.2 Å². The minimum atomic E-state index is -0.0413. The molecular formula is C25H27N5O2. The second-order valence-corrected chi connectivity index (χ2v) is 8.00. The van der Waals surface area contributed by atoms with Gasteiger partial charge < -0.3 is 14.4 Å². The topological polar surface area (TPSA) is 85.8 Å². The lowest BCUT2D eigenvalue weighted by atomic mass is 10.1. The Morgan fingerprint density at radius 3 is 2.53 bits per heavy atom. The Labute approximate surface area is 187 Å². The van der Waals surface area contributed by atoms with Crippen LogP contribution < -0.4 is 10.9 Å². The fourth-order valence-electron chi connectivity index (χ4n) is 3.47. The summed E-state index contributed by atoms with van der Waals surface area (Å²) in [4.78, 5) is 21.4. The smallest absolute Gasteiger partial charge is 0.250 e. The highest BCUT2D eigenvalue weighted by atomic mass is 16.5. The van der Waals surface area contributed by atoms with Crippen LogP contribution in [0.2, 0.25) is 0 Å². The van der Waals surface area contributed by atoms with E-state index >= 15 is 0 Å². The van der Waals surface area contributed by atoms with Crippen LogP contribution in [-0.2, 0) is 6.54 Å². The van der Waals surface area contributed by atoms with Gasteiger partial charge in [0.2, 0.25) is 0 Å². The van der Waals surface area contributed by atoms with Crippen molar-refractivity contribution in [3.8, 4) is 34.0 Å². The Bertz CT molecular complexity index is 1270. The van der Waals surface area contributed by atoms with Gasteiger partial charge in [-0.1, -0.05) is 36.3 Å². The zero-order chi connectivity index (χ0) is 22.7. The summed E-state index contributed by atoms with van der Waals surface area (Å²) in [7, 11) is 0. The van der Waals surface area contributed by atoms with Crippen LogP contribution in [0.25, 0.3) is 34.0 Å². The van der Waals surface area contributed by atoms with Gasteiger partial charge in [-0.2, -0.15) is 0 Å². The van der Waals surface area contributed by atoms with Gasteiger partial charge >= 0.3 is 0 Å². The molecule has 0 unspecified atom stereocenters. The second kappa shape index (κ2) is 9.28. The molecule has 0 radical (unpaired) electrons. The zero-order valence-corrected chi connectivity index (χ0v) is 18.8. The highest BCUT2D eigenvalue weighted by molar-refractivity contribution is 5.68. The Balaban J connectivity index is 1.65. The first kappa shape index (κ1) is 21.6. The maximum absolute atomic E-state index is 12.1. The zero-order valence-electron chi connectivity index (χ0n) is 18.8. The number of pyridine rings is 1. The highest BCUT2D eigenvalue weighted by Gasteiger charge is 2.15. The molecule has 7 heteroatoms. The molecule has 3 aromatic heterocycles. The molecule has 0 aliphatic carbocycles. The van der Waals surface area contributed by atoms with Gasteiger partial charge in [0.15, 0.2) is 5.76 Å². The van der Waals surface area contributed by atoms with E-state index in [1.807, 2.05) is 45.2 Å². The number of hydrogen-bond acceptors (Lipinski definition) is 6. The Hall–Kier alpha value is -3.58. The van der Waals surface area contributed by atoms with Gasteiger partial charge in [0.05, 0.1) is 17.6 Å². The van der Waals surface area contributed by atoms with Crippen molar-refractivity contribution in [3.05, 3.63) is 76.5 Å². The lowest BCUT2D eigenvalue weighted by Gasteiger charge is -2.11. The number of rotatable bonds is 7. The van der Waals surface area contributed by atoms with Gasteiger partial charge in [0, 0.05) is 42.0 Å². The minimum absolute atomic E-state index is 0.0413. The van der Waals surface area contributed by atoms with Crippen LogP contribution in [0.1, 0.15) is 38.1 Å². The van der Waals surface area contributed by atoms with Crippen molar-refractivity contribution in [2.45, 2.75) is 40.3 Å². The third-order valence-corrected chi connectivity index (χ3v) is 5.32. The molecule has 0 bridgehead atoms. The van der Waals surface area contributed by atoms with Crippen molar-refractivity contribution >= 4 is 0 Å². The van der Waals surface area contributed by atoms with Crippen molar-refractivity contribution in [2.75, 3.05) is 6.54 Å². The summed E-state index contributed by atoms with van der Waals surface area (Å²) in [5.41, 5.74) is 5.77. The normalized spacial score (nSPS) is 11.3. The van der Waals surface area contributed by atoms with E-state index in [2.05, 4.69) is 34.5 Å². The molecule has 0 amide bonds. The molecule has 0 saturated carbocycles. The van der Waals surface area contributed by atoms with Gasteiger partial charge in [0.1, 0.15) is 11.4 Å². The number of benzene rings is 1. The maximum atomic E-state index is 12.1. The maximum Gasteiger partial charge on any atom is 0.250 e. The fourth-order valence-corrected chi connectivity index (χ4v) is 3.47. The molecule has 3 heterocycles. The highest BCUT2D eigenvalue weighted by Crippen LogP contribution is 2.28. The van der Waals surface area contributed by atoms with Crippen molar-refractivity contribution in [1.82, 2.24) is 25.0 Å². The number of hydrogen-bond donors (Lipinski definition) is 1. The largest absolute Gasteiger partial charge is 0.354 e. The lowest BCUT2D eigenvalue weighted by molar-refractivity contribution is 0.433. The van der Waals surface area contributed by atoms with Gasteiger partial charge in [-0.15, -0.1) is 0 Å². The van der Waals surface area contributed by atoms with Gasteiger partial charge in [-0.3, -0.25) is 9.78 Å². The molecular weight excluding hydrogens is 402 g/mol. The molecule has 4 rings (SSSR count). The first-order valence-electron chi connectivity index (χ1n) is 10.8. The van der Waals surface area contributed by atoms with Crippen LogP contribution in [0.4, 0.5) is 0 Å². The quantitative estimate of drug-likeness (QED) is 0.461. The third kappa shape index (κ3) is 4.53. The number of nitrogens with one attached hydrogen (secondary N) is 1. The molecule has 0 spiro atoms. The summed E-state index contributed by atoms with van der Waals surface area (Å²) in [6.07, 6.45) is 3.53. The molecule has 0 atom stereocenters. The molecule has 1 aromatic carbocycles. The molecule has 1 N–H and O–H groups in total. The molecule has 0 aliphatic rings. The summed E-state index contributed by atoms with van der Waals surface area (Å²) < 4.78 is 7.32. The summed E-state index contributed by atoms with van der Waals surface area (Å²) >= 11 is 0. The SMILES string of the molecule is CCNCc1ccc(-c2cc(-c3nc(-c4ccc(=O)n(C(C)C)c4)cnc3C)on2)cc1. The molecule has 0 aliphatic heterocycles. The van der Waals surface area contributed by atoms with Gasteiger partial charge in [-0.25, -0.2) is 4.98 Å². The minimum Gasteiger partial charge on any atom is -0.354 e. The standard InChI is InChI=1S/C25H27N5O2/c1-5-26-13-18-6-8-19(9-7-18)21-12-23(32-29-21)25-17(4)27-14-22(28-25)20-10-11-24(31)30(15-20)16(2)3/h6-12,14-16,26H,5,13H2,1-4H3. The molecule has 0 saturated heterocycles. The Morgan fingerprint density at radius 2 is 1.81 bits per heavy atom. The van der Waals surface area contributed by atoms with Crippen molar-refractivity contribution in [2.24, 2.45) is 0 Å². The van der Waals surface area contributed by atoms with E-state index in [0.29, 0.717) is 17.1 Å². The van der Waals surface area contributed by atoms with Crippen LogP contribution in [0.15, 0.2) is 64.2 Å². The van der Waals surface area contributed by atoms with Crippen LogP contribution in [0.5, 0.6) is 0 Å². The van der Waals surface area contributed by atoms with E-state index in [1.165, 1.54) is 5.56 Å². The number of aryl methyl sites for hydroxylation is 1. The van der Waals surface area contributed by atoms with Crippen LogP contribution in [0.3, 0.4) is 0 Å². The predicted octanol–water partition coefficient (Wildman–Crippen LogP) is 4.63. The second-order valence-electron chi connectivity index (χ2n) is 8.00. The number of nitrogens with zero attached hydrogens (tertiary/aromatic N) is 4. The van der Waals surface area contributed by atoms with E-state index < -0.39 is 0 Å². The average Bonchev–Trinajstić information content (AvgIpc) is 3.28. The van der Waals surface area contributed by atoms with E-state index in [0.717, 1.165) is 35.6 Å². The van der Waals surface area contributed by atoms with E-state index in [4.69, 9.17) is 9.51 Å². The molecule has 32 heavy (non-hydrogen) atoms. The van der Waals surface area contributed by atoms with Crippen LogP contribution >= 0.6 is 0 Å². The van der Waals surface area contributed by atoms with Gasteiger partial charge in [-0.05, 0) is 38.9 Å². The monoisotopic (exact) mass is 429 g/mol. The summed E-state index contributed by atoms with van der Waals surface area (Å²) in [5, 5.41) is 7.56. The lowest BCUT2D eigenvalue weighted by Crippen LogP contribution is -2.20. The number of aromatic nitrogens is 4. The van der Waals surface area contributed by atoms with E-state index in [1.54, 1.807) is 22.9 Å². The van der Waals surface area contributed by atoms with Gasteiger partial charge in [0.25, 0.3) is 5.56 Å². The fraction of sp³-hybridized carbons (Fsp3) is 0.280.